The van der Waals surface area contributed by atoms with Crippen LogP contribution in [0.15, 0.2) is 107 Å². The highest BCUT2D eigenvalue weighted by Crippen LogP contribution is 2.50. The number of ether oxygens (including phenoxy) is 2. The van der Waals surface area contributed by atoms with E-state index < -0.39 is 89.1 Å². The number of hydrogen-bond acceptors (Lipinski definition) is 18. The maximum atomic E-state index is 15.0. The number of halogens is 7. The summed E-state index contributed by atoms with van der Waals surface area (Å²) >= 11 is 6.73. The van der Waals surface area contributed by atoms with Gasteiger partial charge < -0.3 is 39.7 Å². The number of carbonyl (C=O) groups excluding carboxylic acids is 6. The zero-order valence-electron chi connectivity index (χ0n) is 66.5. The average Bonchev–Trinajstić information content (AvgIpc) is 1.59. The van der Waals surface area contributed by atoms with Gasteiger partial charge in [0.2, 0.25) is 23.6 Å². The number of aromatic nitrogens is 10. The Hall–Kier alpha value is -11.0. The zero-order valence-corrected chi connectivity index (χ0v) is 67.3. The lowest BCUT2D eigenvalue weighted by Gasteiger charge is -2.40. The number of nitrogens with zero attached hydrogens (tertiary/aromatic N) is 14. The highest BCUT2D eigenvalue weighted by molar-refractivity contribution is 6.32. The fraction of sp³-hybridized carbons (Fsp3) is 0.482. The van der Waals surface area contributed by atoms with Gasteiger partial charge in [-0.25, -0.2) is 19.6 Å². The molecule has 8 aliphatic rings. The van der Waals surface area contributed by atoms with E-state index in [0.717, 1.165) is 151 Å². The van der Waals surface area contributed by atoms with Gasteiger partial charge in [0.05, 0.1) is 87.2 Å². The lowest BCUT2D eigenvalue weighted by atomic mass is 9.84. The second-order valence-electron chi connectivity index (χ2n) is 33.8. The van der Waals surface area contributed by atoms with Crippen LogP contribution in [-0.4, -0.2) is 171 Å². The normalized spacial score (nSPS) is 23.8. The Kier molecular flexibility index (Phi) is 21.1. The van der Waals surface area contributed by atoms with Crippen LogP contribution in [0.1, 0.15) is 189 Å². The number of benzene rings is 4. The first kappa shape index (κ1) is 80.1. The number of morpholine rings is 1. The van der Waals surface area contributed by atoms with Gasteiger partial charge in [-0.15, -0.1) is 0 Å². The predicted octanol–water partition coefficient (Wildman–Crippen LogP) is 12.3. The number of piperidine rings is 4. The van der Waals surface area contributed by atoms with E-state index in [1.54, 1.807) is 53.6 Å². The number of rotatable bonds is 18. The molecule has 4 aromatic carbocycles. The van der Waals surface area contributed by atoms with Crippen LogP contribution >= 0.6 is 11.6 Å². The number of aryl methyl sites for hydroxylation is 2. The maximum Gasteiger partial charge on any atom is 0.433 e. The van der Waals surface area contributed by atoms with Gasteiger partial charge in [0.1, 0.15) is 46.7 Å². The predicted molar refractivity (Wildman–Crippen MR) is 434 cm³/mol. The smallest absolute Gasteiger partial charge is 0.433 e. The number of carbonyl (C=O) groups is 6. The van der Waals surface area contributed by atoms with Crippen LogP contribution in [0.4, 0.5) is 49.1 Å². The monoisotopic (exact) mass is 1670 g/mol. The van der Waals surface area contributed by atoms with E-state index in [1.807, 2.05) is 44.9 Å². The number of nitrogens with one attached hydrogen (secondary N) is 4. The minimum absolute atomic E-state index is 0.00317. The standard InChI is InChI=1S/C85H91ClF6N18O10/c1-101(51-27-31-105(32-28-51)66-35-50(86)36-67-76(66)103(3)83(118)110(67)64-21-24-73(112)98-80(64)115)40-45-11-15-52(16-12-45)108-43-49-34-61(69(119-4)39-59(49)100-108)95-81(116)74-56(19-22-71(96-74)85(90,91)92)77-68-37-54(120-77)44-106(68)65-38-58-48(33-60(65)94-78(113)57-8-6-10-70(93-57)84(87,88)89)42-107(99-58)53-17-13-46(14-18-53)41-104-29-25-47(26-30-104)55-7-5-9-62-75(55)102(2)82(117)109(62)63-20-23-72(111)97-79(63)114/h5-10,19,22,33-36,38-39,42-43,45-47,51-54,63-64,68,77H,11-18,20-21,23-32,37,40-41,44H2,1-4H3,(H,94,113)(H,95,116)(H,97,111,114)(H,98,112,115)/t45-,46-,52-,53-,54-,63?,64?,68-,77?/m0/s1. The van der Waals surface area contributed by atoms with Gasteiger partial charge in [-0.1, -0.05) is 35.9 Å². The molecule has 12 heterocycles. The molecule has 0 spiro atoms. The lowest BCUT2D eigenvalue weighted by molar-refractivity contribution is -0.142. The molecular weight excluding hydrogens is 1580 g/mol. The number of alkyl halides is 6. The van der Waals surface area contributed by atoms with Crippen molar-refractivity contribution in [2.45, 2.75) is 176 Å². The summed E-state index contributed by atoms with van der Waals surface area (Å²) in [5, 5.41) is 22.2. The fourth-order valence-electron chi connectivity index (χ4n) is 20.4. The number of imidazole rings is 2. The van der Waals surface area contributed by atoms with Crippen molar-refractivity contribution in [2.24, 2.45) is 25.9 Å². The van der Waals surface area contributed by atoms with Gasteiger partial charge in [0.25, 0.3) is 11.8 Å². The molecule has 6 aliphatic heterocycles. The minimum atomic E-state index is -4.97. The Labute approximate surface area is 688 Å². The molecule has 630 valence electrons. The number of imide groups is 2. The molecule has 2 bridgehead atoms. The van der Waals surface area contributed by atoms with E-state index in [0.29, 0.717) is 73.4 Å². The van der Waals surface area contributed by atoms with Crippen LogP contribution in [0.3, 0.4) is 0 Å². The molecule has 3 unspecified atom stereocenters. The molecular formula is C85H91ClF6N18O10. The molecule has 6 aromatic heterocycles. The lowest BCUT2D eigenvalue weighted by Crippen LogP contribution is -2.45. The molecule has 18 rings (SSSR count). The highest BCUT2D eigenvalue weighted by atomic mass is 35.5. The van der Waals surface area contributed by atoms with Crippen molar-refractivity contribution in [3.05, 3.63) is 157 Å². The summed E-state index contributed by atoms with van der Waals surface area (Å²) in [5.74, 6) is -2.39. The van der Waals surface area contributed by atoms with Crippen molar-refractivity contribution in [3.63, 3.8) is 0 Å². The van der Waals surface area contributed by atoms with E-state index in [-0.39, 0.29) is 96.1 Å². The summed E-state index contributed by atoms with van der Waals surface area (Å²) in [6.45, 7) is 5.19. The molecule has 28 nitrogen and oxygen atoms in total. The summed E-state index contributed by atoms with van der Waals surface area (Å²) in [4.78, 5) is 123. The van der Waals surface area contributed by atoms with Crippen molar-refractivity contribution < 1.29 is 64.6 Å². The first-order valence-corrected chi connectivity index (χ1v) is 41.7. The van der Waals surface area contributed by atoms with Crippen LogP contribution in [0.2, 0.25) is 5.02 Å². The average molecular weight is 1670 g/mol. The first-order valence-electron chi connectivity index (χ1n) is 41.3. The zero-order chi connectivity index (χ0) is 83.6. The van der Waals surface area contributed by atoms with Gasteiger partial charge in [0, 0.05) is 106 Å². The largest absolute Gasteiger partial charge is 0.494 e. The highest BCUT2D eigenvalue weighted by Gasteiger charge is 2.50. The Morgan fingerprint density at radius 3 is 1.83 bits per heavy atom. The fourth-order valence-corrected chi connectivity index (χ4v) is 20.6. The van der Waals surface area contributed by atoms with Crippen molar-refractivity contribution in [1.29, 1.82) is 0 Å². The van der Waals surface area contributed by atoms with Crippen molar-refractivity contribution in [1.82, 2.24) is 68.2 Å². The summed E-state index contributed by atoms with van der Waals surface area (Å²) in [7, 11) is 7.00. The van der Waals surface area contributed by atoms with Gasteiger partial charge in [0.15, 0.2) is 0 Å². The Bertz CT molecular complexity index is 5900. The molecule has 2 saturated carbocycles. The number of likely N-dealkylation sites (tertiary alicyclic amines) is 1. The van der Waals surface area contributed by atoms with Gasteiger partial charge >= 0.3 is 23.7 Å². The Balaban J connectivity index is 0.538. The number of pyridine rings is 2. The molecule has 0 radical (unpaired) electrons. The van der Waals surface area contributed by atoms with Crippen molar-refractivity contribution in [2.75, 3.05) is 80.4 Å². The first-order chi connectivity index (χ1) is 57.5. The summed E-state index contributed by atoms with van der Waals surface area (Å²) < 4.78 is 109. The number of amides is 6. The second kappa shape index (κ2) is 31.6. The molecule has 120 heavy (non-hydrogen) atoms. The molecule has 4 N–H and O–H groups in total. The third-order valence-electron chi connectivity index (χ3n) is 26.5. The topological polar surface area (TPSA) is 297 Å². The molecule has 8 fully saturated rings. The van der Waals surface area contributed by atoms with Crippen LogP contribution in [0, 0.1) is 11.8 Å². The van der Waals surface area contributed by atoms with Crippen LogP contribution < -0.4 is 47.2 Å². The maximum absolute atomic E-state index is 15.0. The van der Waals surface area contributed by atoms with E-state index in [1.165, 1.54) is 28.4 Å². The summed E-state index contributed by atoms with van der Waals surface area (Å²) in [6.07, 6.45) is 4.01. The molecule has 35 heteroatoms. The van der Waals surface area contributed by atoms with E-state index in [4.69, 9.17) is 31.3 Å². The van der Waals surface area contributed by atoms with Crippen molar-refractivity contribution in [3.8, 4) is 5.75 Å². The summed E-state index contributed by atoms with van der Waals surface area (Å²) in [5.41, 5.74) is 2.22. The molecule has 5 atom stereocenters. The van der Waals surface area contributed by atoms with Gasteiger partial charge in [-0.2, -0.15) is 36.5 Å². The van der Waals surface area contributed by atoms with Crippen LogP contribution in [0.25, 0.3) is 43.9 Å². The van der Waals surface area contributed by atoms with Crippen LogP contribution in [-0.2, 0) is 50.4 Å². The number of hydrogen-bond donors (Lipinski definition) is 4. The number of para-hydroxylation sites is 1. The van der Waals surface area contributed by atoms with E-state index in [9.17, 15) is 64.7 Å². The number of anilines is 4. The third kappa shape index (κ3) is 15.1. The Morgan fingerprint density at radius 2 is 1.21 bits per heavy atom. The van der Waals surface area contributed by atoms with Gasteiger partial charge in [-0.3, -0.25) is 67.0 Å². The van der Waals surface area contributed by atoms with Crippen molar-refractivity contribution >= 4 is 114 Å². The molecule has 6 saturated heterocycles. The van der Waals surface area contributed by atoms with E-state index in [2.05, 4.69) is 59.0 Å². The minimum Gasteiger partial charge on any atom is -0.494 e. The summed E-state index contributed by atoms with van der Waals surface area (Å²) in [6, 6.07) is 19.4. The third-order valence-corrected chi connectivity index (χ3v) is 26.7. The quantitative estimate of drug-likeness (QED) is 0.0458. The SMILES string of the molecule is COc1cc2nn([C@H]3CC[C@H](CN(C)C4CCN(c5cc(Cl)cc6c5n(C)c(=O)n6C5CCC(=O)NC5=O)CC4)CC3)cc2cc1NC(=O)c1nc(C(F)(F)F)ccc1C1O[C@H]2C[C@@H]1N(c1cc3nn([C@H]4CC[C@H](CN5CCC(c6cccc7c6n(C)c(=O)n7C6CCC(=O)NC6=O)CC5)CC4)cc3cc1NC(=O)c1cccc(C(F)(F)F)n1)C2. The number of fused-ring (bicyclic) bond motifs is 6. The van der Waals surface area contributed by atoms with E-state index >= 15 is 0 Å². The molecule has 10 aromatic rings. The molecule has 2 aliphatic carbocycles. The van der Waals surface area contributed by atoms with Gasteiger partial charge in [-0.05, 0) is 194 Å². The number of methoxy groups -OCH3 is 1. The Morgan fingerprint density at radius 1 is 0.617 bits per heavy atom. The molecule has 6 amide bonds. The van der Waals surface area contributed by atoms with Crippen LogP contribution in [0.5, 0.6) is 5.75 Å². The second-order valence-corrected chi connectivity index (χ2v) is 34.2.